The molecule has 1 atom stereocenters. The van der Waals surface area contributed by atoms with Crippen molar-refractivity contribution in [3.8, 4) is 17.4 Å². The SMILES string of the molecule is CC(C)(Cc1ccc(Oc2ccc(C(=O)N3CCCCC3)cn2)cc1)NC[C@H](O)COc1cccc2[nH]ccc12. The molecule has 210 valence electrons. The second kappa shape index (κ2) is 12.5. The Hall–Kier alpha value is -3.88. The third kappa shape index (κ3) is 7.20. The molecule has 1 saturated heterocycles. The predicted molar refractivity (Wildman–Crippen MR) is 156 cm³/mol. The van der Waals surface area contributed by atoms with Gasteiger partial charge in [0.15, 0.2) is 0 Å². The normalized spacial score (nSPS) is 14.7. The van der Waals surface area contributed by atoms with E-state index >= 15 is 0 Å². The number of aromatic nitrogens is 2. The summed E-state index contributed by atoms with van der Waals surface area (Å²) in [4.78, 5) is 22.1. The van der Waals surface area contributed by atoms with Gasteiger partial charge in [-0.2, -0.15) is 0 Å². The molecule has 0 saturated carbocycles. The average Bonchev–Trinajstić information content (AvgIpc) is 3.46. The number of pyridine rings is 1. The minimum Gasteiger partial charge on any atom is -0.490 e. The molecule has 0 bridgehead atoms. The summed E-state index contributed by atoms with van der Waals surface area (Å²) in [6.07, 6.45) is 6.92. The van der Waals surface area contributed by atoms with Crippen molar-refractivity contribution in [2.24, 2.45) is 0 Å². The lowest BCUT2D eigenvalue weighted by Gasteiger charge is -2.28. The van der Waals surface area contributed by atoms with Gasteiger partial charge in [-0.3, -0.25) is 4.79 Å². The van der Waals surface area contributed by atoms with Gasteiger partial charge in [0.2, 0.25) is 5.88 Å². The number of nitrogens with zero attached hydrogens (tertiary/aromatic N) is 2. The van der Waals surface area contributed by atoms with Crippen LogP contribution in [0.2, 0.25) is 0 Å². The fourth-order valence-electron chi connectivity index (χ4n) is 5.04. The molecule has 5 rings (SSSR count). The molecule has 1 aliphatic heterocycles. The van der Waals surface area contributed by atoms with Crippen LogP contribution in [0.15, 0.2) is 73.1 Å². The van der Waals surface area contributed by atoms with Gasteiger partial charge in [0, 0.05) is 54.5 Å². The number of aromatic amines is 1. The largest absolute Gasteiger partial charge is 0.490 e. The summed E-state index contributed by atoms with van der Waals surface area (Å²) in [5.74, 6) is 1.93. The van der Waals surface area contributed by atoms with Crippen LogP contribution in [0.25, 0.3) is 10.9 Å². The summed E-state index contributed by atoms with van der Waals surface area (Å²) < 4.78 is 11.8. The third-order valence-corrected chi connectivity index (χ3v) is 7.22. The number of aliphatic hydroxyl groups is 1. The highest BCUT2D eigenvalue weighted by Crippen LogP contribution is 2.25. The first-order valence-corrected chi connectivity index (χ1v) is 14.0. The van der Waals surface area contributed by atoms with E-state index in [1.54, 1.807) is 18.3 Å². The molecule has 2 aromatic heterocycles. The van der Waals surface area contributed by atoms with E-state index in [2.05, 4.69) is 29.1 Å². The van der Waals surface area contributed by atoms with Gasteiger partial charge in [0.25, 0.3) is 5.91 Å². The minimum atomic E-state index is -0.640. The Bertz CT molecular complexity index is 1390. The molecular weight excluding hydrogens is 504 g/mol. The maximum absolute atomic E-state index is 12.6. The zero-order chi connectivity index (χ0) is 28.0. The number of hydrogen-bond donors (Lipinski definition) is 3. The fraction of sp³-hybridized carbons (Fsp3) is 0.375. The molecule has 0 spiro atoms. The minimum absolute atomic E-state index is 0.0358. The zero-order valence-electron chi connectivity index (χ0n) is 23.2. The molecule has 0 unspecified atom stereocenters. The lowest BCUT2D eigenvalue weighted by molar-refractivity contribution is 0.0724. The number of likely N-dealkylation sites (tertiary alicyclic amines) is 1. The quantitative estimate of drug-likeness (QED) is 0.237. The van der Waals surface area contributed by atoms with E-state index in [-0.39, 0.29) is 18.1 Å². The topological polar surface area (TPSA) is 99.7 Å². The molecule has 8 nitrogen and oxygen atoms in total. The van der Waals surface area contributed by atoms with Crippen molar-refractivity contribution in [2.45, 2.75) is 51.2 Å². The van der Waals surface area contributed by atoms with Crippen LogP contribution < -0.4 is 14.8 Å². The lowest BCUT2D eigenvalue weighted by atomic mass is 9.94. The molecule has 0 aliphatic carbocycles. The van der Waals surface area contributed by atoms with Gasteiger partial charge in [-0.15, -0.1) is 0 Å². The number of nitrogens with one attached hydrogen (secondary N) is 2. The van der Waals surface area contributed by atoms with Crippen LogP contribution in [0.4, 0.5) is 0 Å². The van der Waals surface area contributed by atoms with E-state index < -0.39 is 6.10 Å². The van der Waals surface area contributed by atoms with Gasteiger partial charge in [0.1, 0.15) is 24.2 Å². The highest BCUT2D eigenvalue weighted by Gasteiger charge is 2.21. The number of carbonyl (C=O) groups is 1. The van der Waals surface area contributed by atoms with Crippen molar-refractivity contribution in [1.29, 1.82) is 0 Å². The Morgan fingerprint density at radius 3 is 2.62 bits per heavy atom. The van der Waals surface area contributed by atoms with Gasteiger partial charge in [-0.05, 0) is 81.5 Å². The average molecular weight is 543 g/mol. The number of fused-ring (bicyclic) bond motifs is 1. The van der Waals surface area contributed by atoms with Crippen LogP contribution in [-0.2, 0) is 6.42 Å². The highest BCUT2D eigenvalue weighted by molar-refractivity contribution is 5.94. The van der Waals surface area contributed by atoms with E-state index in [4.69, 9.17) is 9.47 Å². The Morgan fingerprint density at radius 1 is 1.07 bits per heavy atom. The summed E-state index contributed by atoms with van der Waals surface area (Å²) in [6, 6.07) is 19.2. The Morgan fingerprint density at radius 2 is 1.88 bits per heavy atom. The summed E-state index contributed by atoms with van der Waals surface area (Å²) in [5.41, 5.74) is 2.51. The Balaban J connectivity index is 1.08. The van der Waals surface area contributed by atoms with Crippen LogP contribution in [0, 0.1) is 0 Å². The summed E-state index contributed by atoms with van der Waals surface area (Å²) in [5, 5.41) is 15.0. The molecule has 8 heteroatoms. The van der Waals surface area contributed by atoms with Gasteiger partial charge in [-0.1, -0.05) is 18.2 Å². The number of amides is 1. The fourth-order valence-corrected chi connectivity index (χ4v) is 5.04. The maximum atomic E-state index is 12.6. The molecule has 3 heterocycles. The van der Waals surface area contributed by atoms with Gasteiger partial charge < -0.3 is 29.8 Å². The standard InChI is InChI=1S/C32H38N4O4/c1-32(2,35-21-25(37)22-39-29-8-6-7-28-27(29)15-16-33-28)19-23-9-12-26(13-10-23)40-30-14-11-24(20-34-30)31(38)36-17-4-3-5-18-36/h6-16,20,25,33,35,37H,3-5,17-19,21-22H2,1-2H3/t25-/m0/s1. The molecule has 2 aromatic carbocycles. The zero-order valence-corrected chi connectivity index (χ0v) is 23.2. The van der Waals surface area contributed by atoms with Crippen LogP contribution in [-0.4, -0.2) is 63.8 Å². The number of hydrogen-bond acceptors (Lipinski definition) is 6. The van der Waals surface area contributed by atoms with E-state index in [1.165, 1.54) is 6.42 Å². The van der Waals surface area contributed by atoms with Crippen LogP contribution in [0.5, 0.6) is 17.4 Å². The molecule has 4 aromatic rings. The van der Waals surface area contributed by atoms with Crippen LogP contribution >= 0.6 is 0 Å². The highest BCUT2D eigenvalue weighted by atomic mass is 16.5. The lowest BCUT2D eigenvalue weighted by Crippen LogP contribution is -2.46. The van der Waals surface area contributed by atoms with Crippen molar-refractivity contribution >= 4 is 16.8 Å². The van der Waals surface area contributed by atoms with Gasteiger partial charge >= 0.3 is 0 Å². The second-order valence-corrected chi connectivity index (χ2v) is 11.1. The van der Waals surface area contributed by atoms with Crippen molar-refractivity contribution < 1.29 is 19.4 Å². The van der Waals surface area contributed by atoms with Crippen LogP contribution in [0.3, 0.4) is 0 Å². The number of ether oxygens (including phenoxy) is 2. The third-order valence-electron chi connectivity index (χ3n) is 7.22. The number of piperidine rings is 1. The maximum Gasteiger partial charge on any atom is 0.255 e. The van der Waals surface area contributed by atoms with Crippen LogP contribution in [0.1, 0.15) is 49.0 Å². The number of aliphatic hydroxyl groups excluding tert-OH is 1. The van der Waals surface area contributed by atoms with Gasteiger partial charge in [-0.25, -0.2) is 4.98 Å². The van der Waals surface area contributed by atoms with Crippen molar-refractivity contribution in [3.05, 3.63) is 84.2 Å². The van der Waals surface area contributed by atoms with E-state index in [0.717, 1.165) is 54.6 Å². The Kier molecular flexibility index (Phi) is 8.67. The predicted octanol–water partition coefficient (Wildman–Crippen LogP) is 5.33. The first kappa shape index (κ1) is 27.7. The number of benzene rings is 2. The first-order valence-electron chi connectivity index (χ1n) is 14.0. The summed E-state index contributed by atoms with van der Waals surface area (Å²) in [6.45, 7) is 6.48. The number of carbonyl (C=O) groups excluding carboxylic acids is 1. The van der Waals surface area contributed by atoms with Gasteiger partial charge in [0.05, 0.1) is 5.56 Å². The Labute approximate surface area is 235 Å². The number of β-amino-alcohol motifs (C(OH)–C–C–N with tert-alkyl or cyclic N) is 1. The molecule has 0 radical (unpaired) electrons. The molecular formula is C32H38N4O4. The monoisotopic (exact) mass is 542 g/mol. The molecule has 40 heavy (non-hydrogen) atoms. The first-order chi connectivity index (χ1) is 19.4. The summed E-state index contributed by atoms with van der Waals surface area (Å²) >= 11 is 0. The summed E-state index contributed by atoms with van der Waals surface area (Å²) in [7, 11) is 0. The van der Waals surface area contributed by atoms with E-state index in [0.29, 0.717) is 23.7 Å². The van der Waals surface area contributed by atoms with E-state index in [9.17, 15) is 9.90 Å². The number of H-pyrrole nitrogens is 1. The molecule has 1 amide bonds. The smallest absolute Gasteiger partial charge is 0.255 e. The number of rotatable bonds is 11. The molecule has 1 aliphatic rings. The second-order valence-electron chi connectivity index (χ2n) is 11.1. The van der Waals surface area contributed by atoms with Crippen molar-refractivity contribution in [2.75, 3.05) is 26.2 Å². The van der Waals surface area contributed by atoms with E-state index in [1.807, 2.05) is 59.6 Å². The molecule has 3 N–H and O–H groups in total. The van der Waals surface area contributed by atoms with Crippen molar-refractivity contribution in [3.63, 3.8) is 0 Å². The molecule has 1 fully saturated rings. The van der Waals surface area contributed by atoms with Crippen molar-refractivity contribution in [1.82, 2.24) is 20.2 Å².